The highest BCUT2D eigenvalue weighted by Gasteiger charge is 2.52. The van der Waals surface area contributed by atoms with Gasteiger partial charge in [-0.1, -0.05) is 37.0 Å². The fourth-order valence-corrected chi connectivity index (χ4v) is 5.27. The van der Waals surface area contributed by atoms with E-state index < -0.39 is 11.3 Å². The minimum atomic E-state index is -0.568. The van der Waals surface area contributed by atoms with Crippen molar-refractivity contribution >= 4 is 46.1 Å². The summed E-state index contributed by atoms with van der Waals surface area (Å²) in [7, 11) is 0. The number of hydrogen-bond acceptors (Lipinski definition) is 7. The molecule has 9 nitrogen and oxygen atoms in total. The lowest BCUT2D eigenvalue weighted by Crippen LogP contribution is -2.50. The van der Waals surface area contributed by atoms with Crippen LogP contribution in [0.1, 0.15) is 58.2 Å². The molecule has 2 aliphatic rings. The summed E-state index contributed by atoms with van der Waals surface area (Å²) < 4.78 is 7.08. The monoisotopic (exact) mass is 544 g/mol. The van der Waals surface area contributed by atoms with Gasteiger partial charge in [0.25, 0.3) is 0 Å². The van der Waals surface area contributed by atoms with Crippen molar-refractivity contribution < 1.29 is 9.53 Å². The molecule has 0 N–H and O–H groups in total. The quantitative estimate of drug-likeness (QED) is 0.422. The highest BCUT2D eigenvalue weighted by Crippen LogP contribution is 2.42. The Morgan fingerprint density at radius 3 is 2.57 bits per heavy atom. The van der Waals surface area contributed by atoms with Crippen molar-refractivity contribution in [1.29, 1.82) is 0 Å². The van der Waals surface area contributed by atoms with Gasteiger partial charge in [-0.25, -0.2) is 19.1 Å². The largest absolute Gasteiger partial charge is 0.444 e. The lowest BCUT2D eigenvalue weighted by molar-refractivity contribution is 0.0218. The Morgan fingerprint density at radius 1 is 1.16 bits per heavy atom. The van der Waals surface area contributed by atoms with Crippen molar-refractivity contribution in [2.24, 2.45) is 0 Å². The molecule has 0 radical (unpaired) electrons. The second-order valence-corrected chi connectivity index (χ2v) is 11.7. The van der Waals surface area contributed by atoms with Crippen molar-refractivity contribution in [2.45, 2.75) is 71.6 Å². The molecule has 196 valence electrons. The summed E-state index contributed by atoms with van der Waals surface area (Å²) in [4.78, 5) is 43.9. The molecule has 3 aromatic rings. The van der Waals surface area contributed by atoms with E-state index in [0.29, 0.717) is 35.6 Å². The molecule has 2 atom stereocenters. The summed E-state index contributed by atoms with van der Waals surface area (Å²) in [5.41, 5.74) is 1.61. The lowest BCUT2D eigenvalue weighted by Gasteiger charge is -2.36. The Hall–Kier alpha value is -2.91. The first-order valence-corrected chi connectivity index (χ1v) is 13.1. The van der Waals surface area contributed by atoms with E-state index in [2.05, 4.69) is 19.9 Å². The van der Waals surface area contributed by atoms with Gasteiger partial charge < -0.3 is 14.5 Å². The first-order valence-electron chi connectivity index (χ1n) is 12.4. The maximum Gasteiger partial charge on any atom is 0.410 e. The Balaban J connectivity index is 1.62. The number of nitrogens with zero attached hydrogens (tertiary/aromatic N) is 6. The van der Waals surface area contributed by atoms with Gasteiger partial charge in [-0.2, -0.15) is 4.98 Å². The summed E-state index contributed by atoms with van der Waals surface area (Å²) in [6.45, 7) is 12.5. The van der Waals surface area contributed by atoms with Gasteiger partial charge in [-0.3, -0.25) is 4.98 Å². The number of carbonyl (C=O) groups excluding carboxylic acids is 1. The normalized spacial score (nSPS) is 19.4. The Bertz CT molecular complexity index is 1470. The second kappa shape index (κ2) is 9.13. The standard InChI is InChI=1S/C26H30Cl2N6O3/c1-13(2)19-20(14(3)7-8-29-19)34-23-15(11-16(27)21(28)30-23)22(31-24(34)35)32-9-10-33(18-12-17(18)32)25(36)37-26(4,5)6/h7-8,11,13,17-18H,9-10,12H2,1-6H3. The van der Waals surface area contributed by atoms with Crippen LogP contribution in [0.4, 0.5) is 10.6 Å². The van der Waals surface area contributed by atoms with Crippen LogP contribution in [-0.2, 0) is 4.74 Å². The first kappa shape index (κ1) is 25.7. The van der Waals surface area contributed by atoms with Gasteiger partial charge in [0.1, 0.15) is 16.6 Å². The smallest absolute Gasteiger partial charge is 0.410 e. The fraction of sp³-hybridized carbons (Fsp3) is 0.500. The van der Waals surface area contributed by atoms with Gasteiger partial charge in [-0.15, -0.1) is 0 Å². The van der Waals surface area contributed by atoms with E-state index in [4.69, 9.17) is 27.9 Å². The highest BCUT2D eigenvalue weighted by molar-refractivity contribution is 6.41. The molecule has 11 heteroatoms. The maximum atomic E-state index is 13.7. The number of piperazine rings is 1. The van der Waals surface area contributed by atoms with E-state index in [-0.39, 0.29) is 34.3 Å². The number of aryl methyl sites for hydroxylation is 1. The SMILES string of the molecule is Cc1ccnc(C(C)C)c1-n1c(=O)nc(N2CCN(C(=O)OC(C)(C)C)C3CC32)c2cc(Cl)c(Cl)nc21. The van der Waals surface area contributed by atoms with E-state index in [1.807, 2.05) is 47.6 Å². The number of fused-ring (bicyclic) bond motifs is 2. The average molecular weight is 545 g/mol. The molecule has 4 heterocycles. The molecule has 0 bridgehead atoms. The van der Waals surface area contributed by atoms with E-state index in [1.54, 1.807) is 17.2 Å². The van der Waals surface area contributed by atoms with Gasteiger partial charge in [0.15, 0.2) is 5.65 Å². The summed E-state index contributed by atoms with van der Waals surface area (Å²) in [6.07, 6.45) is 2.18. The molecule has 5 rings (SSSR count). The first-order chi connectivity index (χ1) is 17.4. The summed E-state index contributed by atoms with van der Waals surface area (Å²) in [5, 5.41) is 0.989. The van der Waals surface area contributed by atoms with Crippen LogP contribution in [-0.4, -0.2) is 61.3 Å². The minimum Gasteiger partial charge on any atom is -0.444 e. The van der Waals surface area contributed by atoms with E-state index >= 15 is 0 Å². The van der Waals surface area contributed by atoms with Crippen molar-refractivity contribution in [3.63, 3.8) is 0 Å². The third-order valence-electron chi connectivity index (χ3n) is 6.69. The summed E-state index contributed by atoms with van der Waals surface area (Å²) in [5.74, 6) is 0.554. The van der Waals surface area contributed by atoms with E-state index in [0.717, 1.165) is 17.7 Å². The molecule has 3 aromatic heterocycles. The van der Waals surface area contributed by atoms with Crippen LogP contribution in [0.15, 0.2) is 23.1 Å². The number of pyridine rings is 2. The zero-order chi connectivity index (χ0) is 26.8. The summed E-state index contributed by atoms with van der Waals surface area (Å²) in [6, 6.07) is 3.58. The lowest BCUT2D eigenvalue weighted by atomic mass is 10.0. The fourth-order valence-electron chi connectivity index (χ4n) is 4.99. The number of carbonyl (C=O) groups is 1. The number of anilines is 1. The van der Waals surface area contributed by atoms with Gasteiger partial charge in [0.2, 0.25) is 0 Å². The second-order valence-electron chi connectivity index (χ2n) is 10.9. The van der Waals surface area contributed by atoms with Crippen molar-refractivity contribution in [2.75, 3.05) is 18.0 Å². The Kier molecular flexibility index (Phi) is 6.35. The van der Waals surface area contributed by atoms with Crippen LogP contribution in [0.3, 0.4) is 0 Å². The molecule has 1 amide bonds. The number of rotatable bonds is 3. The van der Waals surface area contributed by atoms with Crippen LogP contribution < -0.4 is 10.6 Å². The van der Waals surface area contributed by atoms with Crippen LogP contribution >= 0.6 is 23.2 Å². The molecule has 0 aromatic carbocycles. The van der Waals surface area contributed by atoms with Crippen molar-refractivity contribution in [3.8, 4) is 5.69 Å². The number of hydrogen-bond donors (Lipinski definition) is 0. The molecule has 1 aliphatic carbocycles. The van der Waals surface area contributed by atoms with Crippen molar-refractivity contribution in [3.05, 3.63) is 50.2 Å². The molecule has 0 spiro atoms. The van der Waals surface area contributed by atoms with Gasteiger partial charge in [-0.05, 0) is 57.7 Å². The molecule has 2 fully saturated rings. The zero-order valence-corrected chi connectivity index (χ0v) is 23.3. The predicted octanol–water partition coefficient (Wildman–Crippen LogP) is 5.11. The minimum absolute atomic E-state index is 0.00766. The zero-order valence-electron chi connectivity index (χ0n) is 21.7. The van der Waals surface area contributed by atoms with E-state index in [9.17, 15) is 9.59 Å². The number of ether oxygens (including phenoxy) is 1. The van der Waals surface area contributed by atoms with Crippen LogP contribution in [0.2, 0.25) is 10.2 Å². The third-order valence-corrected chi connectivity index (χ3v) is 7.36. The third kappa shape index (κ3) is 4.63. The molecule has 2 unspecified atom stereocenters. The van der Waals surface area contributed by atoms with Crippen LogP contribution in [0.5, 0.6) is 0 Å². The average Bonchev–Trinajstić information content (AvgIpc) is 3.59. The van der Waals surface area contributed by atoms with Gasteiger partial charge in [0, 0.05) is 19.3 Å². The van der Waals surface area contributed by atoms with E-state index in [1.165, 1.54) is 4.57 Å². The number of aromatic nitrogens is 4. The molecule has 1 aliphatic heterocycles. The molecule has 37 heavy (non-hydrogen) atoms. The molecule has 1 saturated heterocycles. The van der Waals surface area contributed by atoms with Gasteiger partial charge in [0.05, 0.1) is 33.9 Å². The number of halogens is 2. The molecule has 1 saturated carbocycles. The Morgan fingerprint density at radius 2 is 1.89 bits per heavy atom. The maximum absolute atomic E-state index is 13.7. The molecular formula is C26H30Cl2N6O3. The molecular weight excluding hydrogens is 515 g/mol. The summed E-state index contributed by atoms with van der Waals surface area (Å²) >= 11 is 12.8. The van der Waals surface area contributed by atoms with Gasteiger partial charge >= 0.3 is 11.8 Å². The topological polar surface area (TPSA) is 93.5 Å². The highest BCUT2D eigenvalue weighted by atomic mass is 35.5. The Labute approximate surface area is 225 Å². The van der Waals surface area contributed by atoms with Crippen LogP contribution in [0, 0.1) is 6.92 Å². The van der Waals surface area contributed by atoms with Crippen molar-refractivity contribution in [1.82, 2.24) is 24.4 Å². The number of amides is 1. The predicted molar refractivity (Wildman–Crippen MR) is 144 cm³/mol. The van der Waals surface area contributed by atoms with Crippen LogP contribution in [0.25, 0.3) is 16.7 Å².